The zero-order valence-corrected chi connectivity index (χ0v) is 11.4. The number of likely N-dealkylation sites (tertiary alicyclic amines) is 1. The van der Waals surface area contributed by atoms with Gasteiger partial charge in [0, 0.05) is 12.1 Å². The summed E-state index contributed by atoms with van der Waals surface area (Å²) in [7, 11) is 0. The van der Waals surface area contributed by atoms with Crippen molar-refractivity contribution in [1.82, 2.24) is 4.90 Å². The van der Waals surface area contributed by atoms with Gasteiger partial charge in [0.25, 0.3) is 0 Å². The van der Waals surface area contributed by atoms with E-state index in [-0.39, 0.29) is 0 Å². The van der Waals surface area contributed by atoms with Crippen LogP contribution in [0, 0.1) is 5.41 Å². The SMILES string of the molecule is CCCCC1(CC)CCN(C(C)(C)C)C1. The summed E-state index contributed by atoms with van der Waals surface area (Å²) >= 11 is 0. The average molecular weight is 211 g/mol. The van der Waals surface area contributed by atoms with Crippen LogP contribution in [0.3, 0.4) is 0 Å². The van der Waals surface area contributed by atoms with Crippen molar-refractivity contribution in [3.05, 3.63) is 0 Å². The first-order valence-corrected chi connectivity index (χ1v) is 6.68. The molecule has 1 fully saturated rings. The molecule has 0 radical (unpaired) electrons. The lowest BCUT2D eigenvalue weighted by atomic mass is 9.79. The summed E-state index contributed by atoms with van der Waals surface area (Å²) in [6.45, 7) is 14.4. The van der Waals surface area contributed by atoms with Gasteiger partial charge in [0.2, 0.25) is 0 Å². The molecule has 1 aliphatic rings. The molecule has 1 aliphatic heterocycles. The summed E-state index contributed by atoms with van der Waals surface area (Å²) in [6.07, 6.45) is 6.97. The molecule has 0 saturated carbocycles. The van der Waals surface area contributed by atoms with Crippen molar-refractivity contribution >= 4 is 0 Å². The molecule has 0 amide bonds. The van der Waals surface area contributed by atoms with Crippen LogP contribution in [0.2, 0.25) is 0 Å². The second-order valence-corrected chi connectivity index (χ2v) is 6.30. The zero-order valence-electron chi connectivity index (χ0n) is 11.4. The molecular formula is C14H29N. The fraction of sp³-hybridized carbons (Fsp3) is 1.00. The van der Waals surface area contributed by atoms with Crippen LogP contribution in [0.15, 0.2) is 0 Å². The predicted octanol–water partition coefficient (Wildman–Crippen LogP) is 4.08. The Labute approximate surface area is 96.2 Å². The van der Waals surface area contributed by atoms with E-state index >= 15 is 0 Å². The average Bonchev–Trinajstić information content (AvgIpc) is 2.59. The molecule has 0 N–H and O–H groups in total. The topological polar surface area (TPSA) is 3.24 Å². The zero-order chi connectivity index (χ0) is 11.5. The summed E-state index contributed by atoms with van der Waals surface area (Å²) in [5.41, 5.74) is 1.01. The molecular weight excluding hydrogens is 182 g/mol. The van der Waals surface area contributed by atoms with Crippen LogP contribution in [0.4, 0.5) is 0 Å². The maximum absolute atomic E-state index is 2.67. The monoisotopic (exact) mass is 211 g/mol. The highest BCUT2D eigenvalue weighted by Crippen LogP contribution is 2.40. The minimum atomic E-state index is 0.364. The quantitative estimate of drug-likeness (QED) is 0.677. The second kappa shape index (κ2) is 4.86. The summed E-state index contributed by atoms with van der Waals surface area (Å²) in [5.74, 6) is 0. The van der Waals surface area contributed by atoms with E-state index in [1.165, 1.54) is 45.2 Å². The first kappa shape index (κ1) is 13.0. The fourth-order valence-corrected chi connectivity index (χ4v) is 2.73. The summed E-state index contributed by atoms with van der Waals surface area (Å²) in [5, 5.41) is 0. The number of unbranched alkanes of at least 4 members (excludes halogenated alkanes) is 1. The van der Waals surface area contributed by atoms with E-state index in [4.69, 9.17) is 0 Å². The lowest BCUT2D eigenvalue weighted by molar-refractivity contribution is 0.140. The number of nitrogens with zero attached hydrogens (tertiary/aromatic N) is 1. The Balaban J connectivity index is 2.57. The van der Waals surface area contributed by atoms with Gasteiger partial charge < -0.3 is 0 Å². The van der Waals surface area contributed by atoms with Crippen molar-refractivity contribution in [3.8, 4) is 0 Å². The third-order valence-corrected chi connectivity index (χ3v) is 4.20. The van der Waals surface area contributed by atoms with E-state index in [1.54, 1.807) is 0 Å². The number of hydrogen-bond acceptors (Lipinski definition) is 1. The Hall–Kier alpha value is -0.0400. The van der Waals surface area contributed by atoms with Crippen molar-refractivity contribution in [2.75, 3.05) is 13.1 Å². The van der Waals surface area contributed by atoms with Crippen molar-refractivity contribution in [1.29, 1.82) is 0 Å². The Morgan fingerprint density at radius 3 is 2.27 bits per heavy atom. The lowest BCUT2D eigenvalue weighted by Crippen LogP contribution is -2.41. The smallest absolute Gasteiger partial charge is 0.0125 e. The molecule has 0 aliphatic carbocycles. The van der Waals surface area contributed by atoms with Gasteiger partial charge >= 0.3 is 0 Å². The summed E-state index contributed by atoms with van der Waals surface area (Å²) < 4.78 is 0. The number of rotatable bonds is 4. The summed E-state index contributed by atoms with van der Waals surface area (Å²) in [6, 6.07) is 0. The van der Waals surface area contributed by atoms with E-state index in [2.05, 4.69) is 39.5 Å². The lowest BCUT2D eigenvalue weighted by Gasteiger charge is -2.35. The molecule has 1 saturated heterocycles. The second-order valence-electron chi connectivity index (χ2n) is 6.30. The Morgan fingerprint density at radius 2 is 1.87 bits per heavy atom. The van der Waals surface area contributed by atoms with Gasteiger partial charge in [-0.2, -0.15) is 0 Å². The molecule has 0 spiro atoms. The molecule has 1 atom stereocenters. The minimum Gasteiger partial charge on any atom is -0.298 e. The highest BCUT2D eigenvalue weighted by atomic mass is 15.2. The molecule has 1 nitrogen and oxygen atoms in total. The highest BCUT2D eigenvalue weighted by molar-refractivity contribution is 4.93. The highest BCUT2D eigenvalue weighted by Gasteiger charge is 2.39. The third kappa shape index (κ3) is 3.21. The molecule has 0 aromatic heterocycles. The van der Waals surface area contributed by atoms with Gasteiger partial charge in [-0.1, -0.05) is 26.7 Å². The van der Waals surface area contributed by atoms with Crippen molar-refractivity contribution < 1.29 is 0 Å². The fourth-order valence-electron chi connectivity index (χ4n) is 2.73. The molecule has 1 heterocycles. The first-order chi connectivity index (χ1) is 6.93. The van der Waals surface area contributed by atoms with Gasteiger partial charge in [-0.3, -0.25) is 4.90 Å². The van der Waals surface area contributed by atoms with Gasteiger partial charge in [0.05, 0.1) is 0 Å². The van der Waals surface area contributed by atoms with Crippen LogP contribution in [0.1, 0.15) is 66.7 Å². The molecule has 0 aromatic rings. The van der Waals surface area contributed by atoms with E-state index in [0.29, 0.717) is 11.0 Å². The van der Waals surface area contributed by atoms with Gasteiger partial charge in [-0.05, 0) is 52.0 Å². The Bertz CT molecular complexity index is 192. The van der Waals surface area contributed by atoms with Crippen LogP contribution >= 0.6 is 0 Å². The molecule has 15 heavy (non-hydrogen) atoms. The maximum atomic E-state index is 2.67. The number of hydrogen-bond donors (Lipinski definition) is 0. The van der Waals surface area contributed by atoms with Crippen LogP contribution < -0.4 is 0 Å². The predicted molar refractivity (Wildman–Crippen MR) is 68.2 cm³/mol. The van der Waals surface area contributed by atoms with Crippen molar-refractivity contribution in [3.63, 3.8) is 0 Å². The van der Waals surface area contributed by atoms with Gasteiger partial charge in [-0.15, -0.1) is 0 Å². The standard InChI is InChI=1S/C14H29N/c1-6-8-9-14(7-2)10-11-15(12-14)13(3,4)5/h6-12H2,1-5H3. The molecule has 1 heteroatoms. The van der Waals surface area contributed by atoms with Crippen molar-refractivity contribution in [2.24, 2.45) is 5.41 Å². The molecule has 0 aromatic carbocycles. The maximum Gasteiger partial charge on any atom is 0.0125 e. The van der Waals surface area contributed by atoms with Gasteiger partial charge in [-0.25, -0.2) is 0 Å². The minimum absolute atomic E-state index is 0.364. The van der Waals surface area contributed by atoms with E-state index in [1.807, 2.05) is 0 Å². The summed E-state index contributed by atoms with van der Waals surface area (Å²) in [4.78, 5) is 2.67. The Kier molecular flexibility index (Phi) is 4.22. The molecule has 1 unspecified atom stereocenters. The van der Waals surface area contributed by atoms with E-state index < -0.39 is 0 Å². The van der Waals surface area contributed by atoms with E-state index in [9.17, 15) is 0 Å². The molecule has 90 valence electrons. The molecule has 0 bridgehead atoms. The third-order valence-electron chi connectivity index (χ3n) is 4.20. The Morgan fingerprint density at radius 1 is 1.20 bits per heavy atom. The normalized spacial score (nSPS) is 28.6. The van der Waals surface area contributed by atoms with Crippen LogP contribution in [0.5, 0.6) is 0 Å². The van der Waals surface area contributed by atoms with Crippen molar-refractivity contribution in [2.45, 2.75) is 72.3 Å². The van der Waals surface area contributed by atoms with Crippen LogP contribution in [-0.4, -0.2) is 23.5 Å². The van der Waals surface area contributed by atoms with E-state index in [0.717, 1.165) is 0 Å². The molecule has 1 rings (SSSR count). The first-order valence-electron chi connectivity index (χ1n) is 6.68. The van der Waals surface area contributed by atoms with Crippen LogP contribution in [-0.2, 0) is 0 Å². The van der Waals surface area contributed by atoms with Gasteiger partial charge in [0.15, 0.2) is 0 Å². The largest absolute Gasteiger partial charge is 0.298 e. The van der Waals surface area contributed by atoms with Crippen LogP contribution in [0.25, 0.3) is 0 Å². The van der Waals surface area contributed by atoms with Gasteiger partial charge in [0.1, 0.15) is 0 Å².